The molecule has 3 aromatic carbocycles. The first-order valence-corrected chi connectivity index (χ1v) is 13.4. The SMILES string of the molecule is CCOC1=C(c2ccc(OC)cc2)[C@@]2(C=C(N(C)C)C(c3ccc(OC)cc3)C2)C(c2ccc(OC)cc2)=C1. The van der Waals surface area contributed by atoms with Gasteiger partial charge < -0.3 is 23.8 Å². The third kappa shape index (κ3) is 4.78. The molecule has 0 aliphatic heterocycles. The minimum Gasteiger partial charge on any atom is -0.497 e. The molecule has 0 saturated carbocycles. The van der Waals surface area contributed by atoms with Gasteiger partial charge in [-0.05, 0) is 84.2 Å². The minimum atomic E-state index is -0.391. The molecule has 2 aliphatic rings. The lowest BCUT2D eigenvalue weighted by Gasteiger charge is -2.32. The summed E-state index contributed by atoms with van der Waals surface area (Å²) < 4.78 is 22.8. The van der Waals surface area contributed by atoms with E-state index in [1.807, 2.05) is 43.3 Å². The van der Waals surface area contributed by atoms with Crippen LogP contribution in [-0.4, -0.2) is 46.9 Å². The molecular formula is C34H37NO4. The van der Waals surface area contributed by atoms with Gasteiger partial charge in [-0.2, -0.15) is 0 Å². The highest BCUT2D eigenvalue weighted by atomic mass is 16.5. The number of nitrogens with zero attached hydrogens (tertiary/aromatic N) is 1. The van der Waals surface area contributed by atoms with E-state index in [1.54, 1.807) is 21.3 Å². The lowest BCUT2D eigenvalue weighted by atomic mass is 9.70. The maximum atomic E-state index is 6.36. The van der Waals surface area contributed by atoms with Crippen LogP contribution in [0, 0.1) is 5.41 Å². The summed E-state index contributed by atoms with van der Waals surface area (Å²) in [5.74, 6) is 3.64. The van der Waals surface area contributed by atoms with E-state index in [-0.39, 0.29) is 5.92 Å². The molecule has 39 heavy (non-hydrogen) atoms. The second-order valence-electron chi connectivity index (χ2n) is 10.2. The van der Waals surface area contributed by atoms with Gasteiger partial charge in [0.2, 0.25) is 0 Å². The fourth-order valence-corrected chi connectivity index (χ4v) is 5.99. The van der Waals surface area contributed by atoms with E-state index >= 15 is 0 Å². The molecule has 2 aliphatic carbocycles. The van der Waals surface area contributed by atoms with Gasteiger partial charge in [0.1, 0.15) is 23.0 Å². The molecule has 3 aromatic rings. The molecule has 202 valence electrons. The summed E-state index contributed by atoms with van der Waals surface area (Å²) in [6.45, 7) is 2.63. The molecule has 0 fully saturated rings. The largest absolute Gasteiger partial charge is 0.497 e. The summed E-state index contributed by atoms with van der Waals surface area (Å²) in [7, 11) is 9.37. The summed E-state index contributed by atoms with van der Waals surface area (Å²) in [6, 6.07) is 25.2. The van der Waals surface area contributed by atoms with E-state index in [9.17, 15) is 0 Å². The highest BCUT2D eigenvalue weighted by Crippen LogP contribution is 2.63. The molecule has 0 radical (unpaired) electrons. The van der Waals surface area contributed by atoms with Crippen LogP contribution in [0.4, 0.5) is 0 Å². The van der Waals surface area contributed by atoms with E-state index in [4.69, 9.17) is 18.9 Å². The van der Waals surface area contributed by atoms with E-state index in [2.05, 4.69) is 67.5 Å². The molecule has 0 bridgehead atoms. The Bertz CT molecular complexity index is 1400. The lowest BCUT2D eigenvalue weighted by Crippen LogP contribution is -2.19. The van der Waals surface area contributed by atoms with Gasteiger partial charge in [-0.3, -0.25) is 0 Å². The van der Waals surface area contributed by atoms with E-state index in [0.717, 1.165) is 40.6 Å². The minimum absolute atomic E-state index is 0.196. The van der Waals surface area contributed by atoms with Crippen LogP contribution in [0.15, 0.2) is 96.4 Å². The fourth-order valence-electron chi connectivity index (χ4n) is 5.99. The fraction of sp³-hybridized carbons (Fsp3) is 0.294. The standard InChI is InChI=1S/C34H37NO4/c1-7-39-32-20-30(24-10-16-27(37-5)17-11-24)34(33(32)25-12-18-28(38-6)19-13-25)21-29(31(22-34)35(2)3)23-8-14-26(36-4)15-9-23/h8-20,22,29H,7,21H2,1-6H3/t29?,34-/m0/s1. The smallest absolute Gasteiger partial charge is 0.124 e. The first kappa shape index (κ1) is 26.5. The zero-order valence-corrected chi connectivity index (χ0v) is 23.7. The van der Waals surface area contributed by atoms with Gasteiger partial charge >= 0.3 is 0 Å². The van der Waals surface area contributed by atoms with Crippen molar-refractivity contribution in [2.75, 3.05) is 42.0 Å². The predicted octanol–water partition coefficient (Wildman–Crippen LogP) is 7.18. The number of hydrogen-bond donors (Lipinski definition) is 0. The molecule has 0 amide bonds. The van der Waals surface area contributed by atoms with Crippen molar-refractivity contribution in [3.63, 3.8) is 0 Å². The topological polar surface area (TPSA) is 40.2 Å². The molecule has 2 atom stereocenters. The summed E-state index contributed by atoms with van der Waals surface area (Å²) in [4.78, 5) is 2.25. The lowest BCUT2D eigenvalue weighted by molar-refractivity contribution is 0.244. The van der Waals surface area contributed by atoms with Crippen molar-refractivity contribution in [1.82, 2.24) is 4.90 Å². The molecule has 1 spiro atoms. The van der Waals surface area contributed by atoms with Crippen LogP contribution in [0.3, 0.4) is 0 Å². The number of methoxy groups -OCH3 is 3. The van der Waals surface area contributed by atoms with E-state index < -0.39 is 5.41 Å². The van der Waals surface area contributed by atoms with Gasteiger partial charge in [0, 0.05) is 36.7 Å². The molecule has 5 nitrogen and oxygen atoms in total. The van der Waals surface area contributed by atoms with Crippen LogP contribution in [0.2, 0.25) is 0 Å². The van der Waals surface area contributed by atoms with Crippen molar-refractivity contribution in [2.24, 2.45) is 5.41 Å². The third-order valence-electron chi connectivity index (χ3n) is 7.84. The van der Waals surface area contributed by atoms with Crippen molar-refractivity contribution in [3.8, 4) is 17.2 Å². The Labute approximate surface area is 232 Å². The molecule has 0 heterocycles. The van der Waals surface area contributed by atoms with Crippen molar-refractivity contribution in [3.05, 3.63) is 113 Å². The van der Waals surface area contributed by atoms with Crippen LogP contribution in [0.25, 0.3) is 11.1 Å². The number of likely N-dealkylation sites (N-methyl/N-ethyl adjacent to an activating group) is 1. The Morgan fingerprint density at radius 1 is 0.744 bits per heavy atom. The Kier molecular flexibility index (Phi) is 7.42. The van der Waals surface area contributed by atoms with Crippen LogP contribution < -0.4 is 14.2 Å². The van der Waals surface area contributed by atoms with Crippen LogP contribution >= 0.6 is 0 Å². The predicted molar refractivity (Wildman–Crippen MR) is 157 cm³/mol. The average Bonchev–Trinajstić information content (AvgIpc) is 3.52. The Hall–Kier alpha value is -4.12. The molecular weight excluding hydrogens is 486 g/mol. The first-order chi connectivity index (χ1) is 18.9. The van der Waals surface area contributed by atoms with Gasteiger partial charge in [-0.15, -0.1) is 0 Å². The number of hydrogen-bond acceptors (Lipinski definition) is 5. The molecule has 0 saturated heterocycles. The molecule has 0 N–H and O–H groups in total. The average molecular weight is 524 g/mol. The number of benzene rings is 3. The quantitative estimate of drug-likeness (QED) is 0.297. The Morgan fingerprint density at radius 3 is 1.74 bits per heavy atom. The highest BCUT2D eigenvalue weighted by molar-refractivity contribution is 5.97. The normalized spacial score (nSPS) is 20.1. The Morgan fingerprint density at radius 2 is 1.26 bits per heavy atom. The van der Waals surface area contributed by atoms with Crippen molar-refractivity contribution >= 4 is 11.1 Å². The third-order valence-corrected chi connectivity index (χ3v) is 7.84. The van der Waals surface area contributed by atoms with Gasteiger partial charge in [0.05, 0.1) is 27.9 Å². The van der Waals surface area contributed by atoms with Gasteiger partial charge in [-0.1, -0.05) is 36.4 Å². The second-order valence-corrected chi connectivity index (χ2v) is 10.2. The zero-order valence-electron chi connectivity index (χ0n) is 23.7. The number of ether oxygens (including phenoxy) is 4. The van der Waals surface area contributed by atoms with Crippen molar-refractivity contribution in [2.45, 2.75) is 19.3 Å². The van der Waals surface area contributed by atoms with E-state index in [1.165, 1.54) is 22.4 Å². The van der Waals surface area contributed by atoms with Crippen LogP contribution in [-0.2, 0) is 4.74 Å². The molecule has 5 rings (SSSR count). The first-order valence-electron chi connectivity index (χ1n) is 13.4. The Balaban J connectivity index is 1.71. The summed E-state index contributed by atoms with van der Waals surface area (Å²) >= 11 is 0. The summed E-state index contributed by atoms with van der Waals surface area (Å²) in [6.07, 6.45) is 5.58. The van der Waals surface area contributed by atoms with Gasteiger partial charge in [0.25, 0.3) is 0 Å². The number of rotatable bonds is 9. The molecule has 0 aromatic heterocycles. The monoisotopic (exact) mass is 523 g/mol. The van der Waals surface area contributed by atoms with Crippen LogP contribution in [0.1, 0.15) is 36.0 Å². The van der Waals surface area contributed by atoms with Crippen molar-refractivity contribution in [1.29, 1.82) is 0 Å². The summed E-state index contributed by atoms with van der Waals surface area (Å²) in [5.41, 5.74) is 6.86. The van der Waals surface area contributed by atoms with Crippen molar-refractivity contribution < 1.29 is 18.9 Å². The molecule has 5 heteroatoms. The maximum Gasteiger partial charge on any atom is 0.124 e. The highest BCUT2D eigenvalue weighted by Gasteiger charge is 2.50. The van der Waals surface area contributed by atoms with Crippen LogP contribution in [0.5, 0.6) is 17.2 Å². The zero-order chi connectivity index (χ0) is 27.6. The van der Waals surface area contributed by atoms with E-state index in [0.29, 0.717) is 6.61 Å². The number of allylic oxidation sites excluding steroid dienone is 5. The second kappa shape index (κ2) is 10.9. The van der Waals surface area contributed by atoms with Gasteiger partial charge in [-0.25, -0.2) is 0 Å². The van der Waals surface area contributed by atoms with Gasteiger partial charge in [0.15, 0.2) is 0 Å². The molecule has 1 unspecified atom stereocenters. The summed E-state index contributed by atoms with van der Waals surface area (Å²) in [5, 5.41) is 0. The maximum absolute atomic E-state index is 6.36.